The lowest BCUT2D eigenvalue weighted by Crippen LogP contribution is -2.39. The first-order valence-corrected chi connectivity index (χ1v) is 6.92. The van der Waals surface area contributed by atoms with E-state index in [0.717, 1.165) is 12.8 Å². The highest BCUT2D eigenvalue weighted by Gasteiger charge is 2.25. The molecule has 0 saturated carbocycles. The molecule has 0 aromatic carbocycles. The lowest BCUT2D eigenvalue weighted by atomic mass is 9.95. The van der Waals surface area contributed by atoms with Crippen molar-refractivity contribution in [1.82, 2.24) is 9.97 Å². The molecule has 0 radical (unpaired) electrons. The summed E-state index contributed by atoms with van der Waals surface area (Å²) in [4.78, 5) is 8.55. The van der Waals surface area contributed by atoms with Gasteiger partial charge in [0.05, 0.1) is 11.6 Å². The van der Waals surface area contributed by atoms with Gasteiger partial charge in [0.15, 0.2) is 0 Å². The second-order valence-electron chi connectivity index (χ2n) is 4.63. The highest BCUT2D eigenvalue weighted by Crippen LogP contribution is 2.22. The molecule has 0 fully saturated rings. The van der Waals surface area contributed by atoms with Crippen LogP contribution in [0.15, 0.2) is 12.3 Å². The Morgan fingerprint density at radius 2 is 2.06 bits per heavy atom. The third-order valence-electron chi connectivity index (χ3n) is 2.97. The summed E-state index contributed by atoms with van der Waals surface area (Å²) in [6.07, 6.45) is 3.64. The van der Waals surface area contributed by atoms with Crippen LogP contribution in [0.4, 0.5) is 5.95 Å². The number of aromatic nitrogens is 2. The number of anilines is 1. The van der Waals surface area contributed by atoms with E-state index in [1.165, 1.54) is 0 Å². The lowest BCUT2D eigenvalue weighted by Gasteiger charge is -2.30. The first-order chi connectivity index (χ1) is 8.55. The van der Waals surface area contributed by atoms with E-state index in [1.54, 1.807) is 12.3 Å². The Hall–Kier alpha value is -1.03. The van der Waals surface area contributed by atoms with Gasteiger partial charge in [-0.05, 0) is 26.7 Å². The zero-order chi connectivity index (χ0) is 13.6. The molecular weight excluding hydrogens is 250 g/mol. The summed E-state index contributed by atoms with van der Waals surface area (Å²) in [6, 6.07) is 1.76. The van der Waals surface area contributed by atoms with Gasteiger partial charge in [0.2, 0.25) is 11.8 Å². The van der Waals surface area contributed by atoms with Crippen LogP contribution in [0.1, 0.15) is 40.5 Å². The zero-order valence-corrected chi connectivity index (χ0v) is 12.3. The maximum Gasteiger partial charge on any atom is 0.226 e. The summed E-state index contributed by atoms with van der Waals surface area (Å²) < 4.78 is 5.55. The van der Waals surface area contributed by atoms with Gasteiger partial charge in [-0.3, -0.25) is 0 Å². The summed E-state index contributed by atoms with van der Waals surface area (Å²) in [5, 5.41) is 3.32. The van der Waals surface area contributed by atoms with Gasteiger partial charge >= 0.3 is 0 Å². The number of nitrogens with one attached hydrogen (secondary N) is 1. The molecule has 102 valence electrons. The predicted octanol–water partition coefficient (Wildman–Crippen LogP) is 3.47. The van der Waals surface area contributed by atoms with Crippen molar-refractivity contribution >= 4 is 17.5 Å². The molecule has 1 rings (SSSR count). The Morgan fingerprint density at radius 3 is 2.56 bits per heavy atom. The van der Waals surface area contributed by atoms with Crippen molar-refractivity contribution in [1.29, 1.82) is 0 Å². The Morgan fingerprint density at radius 1 is 1.39 bits per heavy atom. The van der Waals surface area contributed by atoms with Crippen LogP contribution in [0, 0.1) is 0 Å². The molecule has 1 aromatic rings. The van der Waals surface area contributed by atoms with Crippen LogP contribution < -0.4 is 10.1 Å². The van der Waals surface area contributed by atoms with Gasteiger partial charge in [-0.1, -0.05) is 13.8 Å². The van der Waals surface area contributed by atoms with Crippen LogP contribution in [-0.4, -0.2) is 27.5 Å². The van der Waals surface area contributed by atoms with E-state index >= 15 is 0 Å². The molecule has 18 heavy (non-hydrogen) atoms. The number of hydrogen-bond acceptors (Lipinski definition) is 4. The molecule has 1 aromatic heterocycles. The third kappa shape index (κ3) is 4.02. The average Bonchev–Trinajstić information content (AvgIpc) is 2.36. The molecule has 0 aliphatic heterocycles. The average molecular weight is 272 g/mol. The number of ether oxygens (including phenoxy) is 1. The molecule has 5 heteroatoms. The van der Waals surface area contributed by atoms with E-state index in [1.807, 2.05) is 13.8 Å². The number of rotatable bonds is 7. The van der Waals surface area contributed by atoms with Crippen LogP contribution in [-0.2, 0) is 0 Å². The summed E-state index contributed by atoms with van der Waals surface area (Å²) in [5.74, 6) is 1.68. The molecule has 0 amide bonds. The number of hydrogen-bond donors (Lipinski definition) is 1. The van der Waals surface area contributed by atoms with Crippen LogP contribution >= 0.6 is 11.6 Å². The molecular formula is C13H22ClN3O. The van der Waals surface area contributed by atoms with Crippen LogP contribution in [0.3, 0.4) is 0 Å². The fourth-order valence-electron chi connectivity index (χ4n) is 1.60. The van der Waals surface area contributed by atoms with Crippen molar-refractivity contribution in [2.75, 3.05) is 11.2 Å². The molecule has 0 atom stereocenters. The van der Waals surface area contributed by atoms with Crippen molar-refractivity contribution in [3.8, 4) is 5.88 Å². The second-order valence-corrected chi connectivity index (χ2v) is 4.90. The van der Waals surface area contributed by atoms with Crippen molar-refractivity contribution in [3.63, 3.8) is 0 Å². The number of nitrogens with zero attached hydrogens (tertiary/aromatic N) is 2. The first kappa shape index (κ1) is 15.0. The quantitative estimate of drug-likeness (QED) is 0.772. The molecule has 1 N–H and O–H groups in total. The van der Waals surface area contributed by atoms with Crippen LogP contribution in [0.25, 0.3) is 0 Å². The van der Waals surface area contributed by atoms with Gasteiger partial charge in [-0.25, -0.2) is 4.98 Å². The number of alkyl halides is 1. The Bertz CT molecular complexity index is 359. The smallest absolute Gasteiger partial charge is 0.226 e. The molecule has 4 nitrogen and oxygen atoms in total. The molecule has 0 unspecified atom stereocenters. The first-order valence-electron chi connectivity index (χ1n) is 6.39. The monoisotopic (exact) mass is 271 g/mol. The van der Waals surface area contributed by atoms with E-state index in [0.29, 0.717) is 17.7 Å². The summed E-state index contributed by atoms with van der Waals surface area (Å²) in [7, 11) is 0. The highest BCUT2D eigenvalue weighted by molar-refractivity contribution is 6.18. The zero-order valence-electron chi connectivity index (χ0n) is 11.5. The van der Waals surface area contributed by atoms with Crippen LogP contribution in [0.5, 0.6) is 5.88 Å². The predicted molar refractivity (Wildman–Crippen MR) is 75.5 cm³/mol. The van der Waals surface area contributed by atoms with E-state index in [2.05, 4.69) is 29.1 Å². The van der Waals surface area contributed by atoms with E-state index in [-0.39, 0.29) is 11.6 Å². The second kappa shape index (κ2) is 6.78. The van der Waals surface area contributed by atoms with Crippen LogP contribution in [0.2, 0.25) is 0 Å². The highest BCUT2D eigenvalue weighted by atomic mass is 35.5. The molecule has 1 heterocycles. The summed E-state index contributed by atoms with van der Waals surface area (Å²) in [6.45, 7) is 8.15. The minimum absolute atomic E-state index is 0.0999. The fraction of sp³-hybridized carbons (Fsp3) is 0.692. The van der Waals surface area contributed by atoms with E-state index in [4.69, 9.17) is 16.3 Å². The topological polar surface area (TPSA) is 47.0 Å². The summed E-state index contributed by atoms with van der Waals surface area (Å²) >= 11 is 6.05. The summed E-state index contributed by atoms with van der Waals surface area (Å²) in [5.41, 5.74) is -0.155. The SMILES string of the molecule is CCC(CC)(CCl)Nc1nccc(OC(C)C)n1. The molecule has 0 aliphatic carbocycles. The maximum atomic E-state index is 6.05. The maximum absolute atomic E-state index is 6.05. The third-order valence-corrected chi connectivity index (χ3v) is 3.48. The minimum Gasteiger partial charge on any atom is -0.475 e. The largest absolute Gasteiger partial charge is 0.475 e. The van der Waals surface area contributed by atoms with Gasteiger partial charge in [-0.2, -0.15) is 4.98 Å². The van der Waals surface area contributed by atoms with Crippen molar-refractivity contribution < 1.29 is 4.74 Å². The lowest BCUT2D eigenvalue weighted by molar-refractivity contribution is 0.232. The minimum atomic E-state index is -0.155. The van der Waals surface area contributed by atoms with Gasteiger partial charge in [0, 0.05) is 18.1 Å². The molecule has 0 aliphatic rings. The Labute approximate surface area is 114 Å². The van der Waals surface area contributed by atoms with Crippen molar-refractivity contribution in [2.45, 2.75) is 52.2 Å². The fourth-order valence-corrected chi connectivity index (χ4v) is 2.04. The van der Waals surface area contributed by atoms with E-state index < -0.39 is 0 Å². The van der Waals surface area contributed by atoms with Crippen molar-refractivity contribution in [3.05, 3.63) is 12.3 Å². The number of halogens is 1. The van der Waals surface area contributed by atoms with Gasteiger partial charge in [-0.15, -0.1) is 11.6 Å². The van der Waals surface area contributed by atoms with Gasteiger partial charge in [0.25, 0.3) is 0 Å². The Kier molecular flexibility index (Phi) is 5.66. The van der Waals surface area contributed by atoms with Crippen molar-refractivity contribution in [2.24, 2.45) is 0 Å². The normalized spacial score (nSPS) is 11.7. The van der Waals surface area contributed by atoms with E-state index in [9.17, 15) is 0 Å². The standard InChI is InChI=1S/C13H22ClN3O/c1-5-13(6-2,9-14)17-12-15-8-7-11(16-12)18-10(3)4/h7-8,10H,5-6,9H2,1-4H3,(H,15,16,17). The van der Waals surface area contributed by atoms with Gasteiger partial charge in [0.1, 0.15) is 0 Å². The Balaban J connectivity index is 2.83. The molecule has 0 saturated heterocycles. The molecule has 0 bridgehead atoms. The molecule has 0 spiro atoms. The van der Waals surface area contributed by atoms with Gasteiger partial charge < -0.3 is 10.1 Å².